The summed E-state index contributed by atoms with van der Waals surface area (Å²) in [6.07, 6.45) is 1.95. The van der Waals surface area contributed by atoms with Crippen LogP contribution < -0.4 is 4.74 Å². The highest BCUT2D eigenvalue weighted by molar-refractivity contribution is 5.56. The van der Waals surface area contributed by atoms with E-state index in [1.165, 1.54) is 12.1 Å². The summed E-state index contributed by atoms with van der Waals surface area (Å²) in [5.74, 6) is 0.225. The largest absolute Gasteiger partial charge is 0.486 e. The summed E-state index contributed by atoms with van der Waals surface area (Å²) in [6.45, 7) is 4.36. The van der Waals surface area contributed by atoms with E-state index in [0.717, 1.165) is 5.69 Å². The molecular weight excluding hydrogens is 270 g/mol. The molecule has 2 rings (SSSR count). The van der Waals surface area contributed by atoms with Crippen LogP contribution in [-0.2, 0) is 6.61 Å². The number of nitro groups is 1. The van der Waals surface area contributed by atoms with Gasteiger partial charge in [-0.15, -0.1) is 0 Å². The van der Waals surface area contributed by atoms with Gasteiger partial charge in [0.15, 0.2) is 5.56 Å². The van der Waals surface area contributed by atoms with Gasteiger partial charge in [0.2, 0.25) is 0 Å². The summed E-state index contributed by atoms with van der Waals surface area (Å²) in [5, 5.41) is 20.0. The Labute approximate surface area is 122 Å². The van der Waals surface area contributed by atoms with E-state index in [1.54, 1.807) is 6.07 Å². The van der Waals surface area contributed by atoms with Gasteiger partial charge in [0, 0.05) is 18.3 Å². The molecular formula is C15H15N3O3. The van der Waals surface area contributed by atoms with Crippen molar-refractivity contribution >= 4 is 5.69 Å². The Kier molecular flexibility index (Phi) is 4.24. The summed E-state index contributed by atoms with van der Waals surface area (Å²) in [6, 6.07) is 10.3. The molecule has 0 aliphatic heterocycles. The lowest BCUT2D eigenvalue weighted by molar-refractivity contribution is -0.385. The molecule has 108 valence electrons. The molecule has 6 heteroatoms. The van der Waals surface area contributed by atoms with Crippen molar-refractivity contribution < 1.29 is 9.66 Å². The molecule has 2 aromatic rings. The molecule has 0 N–H and O–H groups in total. The van der Waals surface area contributed by atoms with Crippen LogP contribution in [0.4, 0.5) is 5.69 Å². The fourth-order valence-electron chi connectivity index (χ4n) is 2.11. The van der Waals surface area contributed by atoms with E-state index in [2.05, 4.69) is 13.8 Å². The topological polar surface area (TPSA) is 81.1 Å². The zero-order valence-corrected chi connectivity index (χ0v) is 11.8. The predicted octanol–water partition coefficient (Wildman–Crippen LogP) is 3.43. The van der Waals surface area contributed by atoms with Crippen molar-refractivity contribution in [3.8, 4) is 11.8 Å². The highest BCUT2D eigenvalue weighted by Gasteiger charge is 2.18. The average molecular weight is 285 g/mol. The standard InChI is InChI=1S/C15H15N3O3/c1-11(2)17-8-4-5-12(17)10-21-15-7-3-6-14(18(19)20)13(15)9-16/h3-8,11H,10H2,1-2H3. The van der Waals surface area contributed by atoms with Gasteiger partial charge < -0.3 is 9.30 Å². The average Bonchev–Trinajstić information content (AvgIpc) is 2.93. The first-order chi connectivity index (χ1) is 10.0. The maximum Gasteiger partial charge on any atom is 0.290 e. The Morgan fingerprint density at radius 2 is 2.14 bits per heavy atom. The third kappa shape index (κ3) is 3.03. The van der Waals surface area contributed by atoms with E-state index in [9.17, 15) is 10.1 Å². The van der Waals surface area contributed by atoms with Gasteiger partial charge in [-0.3, -0.25) is 10.1 Å². The number of hydrogen-bond acceptors (Lipinski definition) is 4. The predicted molar refractivity (Wildman–Crippen MR) is 77.0 cm³/mol. The minimum absolute atomic E-state index is 0.0508. The molecule has 0 unspecified atom stereocenters. The number of aromatic nitrogens is 1. The van der Waals surface area contributed by atoms with Crippen LogP contribution in [-0.4, -0.2) is 9.49 Å². The van der Waals surface area contributed by atoms with Gasteiger partial charge in [-0.25, -0.2) is 0 Å². The van der Waals surface area contributed by atoms with Gasteiger partial charge >= 0.3 is 0 Å². The van der Waals surface area contributed by atoms with Crippen LogP contribution >= 0.6 is 0 Å². The summed E-state index contributed by atoms with van der Waals surface area (Å²) in [7, 11) is 0. The van der Waals surface area contributed by atoms with E-state index in [0.29, 0.717) is 6.04 Å². The Balaban J connectivity index is 2.25. The lowest BCUT2D eigenvalue weighted by atomic mass is 10.2. The maximum absolute atomic E-state index is 10.9. The molecule has 0 saturated heterocycles. The second kappa shape index (κ2) is 6.09. The first-order valence-corrected chi connectivity index (χ1v) is 6.50. The van der Waals surface area contributed by atoms with Crippen molar-refractivity contribution in [2.75, 3.05) is 0 Å². The lowest BCUT2D eigenvalue weighted by Gasteiger charge is -2.14. The van der Waals surface area contributed by atoms with Gasteiger partial charge in [0.1, 0.15) is 18.4 Å². The van der Waals surface area contributed by atoms with Crippen LogP contribution in [0, 0.1) is 21.4 Å². The second-order valence-electron chi connectivity index (χ2n) is 4.81. The Bertz CT molecular complexity index is 698. The van der Waals surface area contributed by atoms with Gasteiger partial charge in [-0.2, -0.15) is 5.26 Å². The number of rotatable bonds is 5. The summed E-state index contributed by atoms with van der Waals surface area (Å²) < 4.78 is 7.65. The minimum Gasteiger partial charge on any atom is -0.486 e. The highest BCUT2D eigenvalue weighted by Crippen LogP contribution is 2.28. The zero-order valence-electron chi connectivity index (χ0n) is 11.8. The van der Waals surface area contributed by atoms with Crippen molar-refractivity contribution in [1.29, 1.82) is 5.26 Å². The van der Waals surface area contributed by atoms with E-state index in [4.69, 9.17) is 10.00 Å². The molecule has 1 aromatic carbocycles. The third-order valence-electron chi connectivity index (χ3n) is 3.11. The van der Waals surface area contributed by atoms with E-state index in [1.807, 2.05) is 29.0 Å². The minimum atomic E-state index is -0.581. The maximum atomic E-state index is 10.9. The first kappa shape index (κ1) is 14.6. The summed E-state index contributed by atoms with van der Waals surface area (Å²) in [4.78, 5) is 10.3. The molecule has 0 atom stereocenters. The van der Waals surface area contributed by atoms with Crippen molar-refractivity contribution in [2.45, 2.75) is 26.5 Å². The quantitative estimate of drug-likeness (QED) is 0.622. The molecule has 0 amide bonds. The molecule has 0 saturated carbocycles. The summed E-state index contributed by atoms with van der Waals surface area (Å²) in [5.41, 5.74) is 0.653. The van der Waals surface area contributed by atoms with Crippen LogP contribution in [0.25, 0.3) is 0 Å². The molecule has 0 fully saturated rings. The summed E-state index contributed by atoms with van der Waals surface area (Å²) >= 11 is 0. The van der Waals surface area contributed by atoms with E-state index < -0.39 is 4.92 Å². The van der Waals surface area contributed by atoms with Crippen LogP contribution in [0.2, 0.25) is 0 Å². The van der Waals surface area contributed by atoms with Gasteiger partial charge in [0.05, 0.1) is 10.6 Å². The lowest BCUT2D eigenvalue weighted by Crippen LogP contribution is -2.08. The molecule has 21 heavy (non-hydrogen) atoms. The van der Waals surface area contributed by atoms with Crippen LogP contribution in [0.3, 0.4) is 0 Å². The van der Waals surface area contributed by atoms with Crippen LogP contribution in [0.15, 0.2) is 36.5 Å². The third-order valence-corrected chi connectivity index (χ3v) is 3.11. The van der Waals surface area contributed by atoms with Crippen molar-refractivity contribution in [3.05, 3.63) is 57.9 Å². The van der Waals surface area contributed by atoms with Gasteiger partial charge in [-0.05, 0) is 32.0 Å². The highest BCUT2D eigenvalue weighted by atomic mass is 16.6. The van der Waals surface area contributed by atoms with Crippen LogP contribution in [0.5, 0.6) is 5.75 Å². The monoisotopic (exact) mass is 285 g/mol. The van der Waals surface area contributed by atoms with Crippen molar-refractivity contribution in [3.63, 3.8) is 0 Å². The van der Waals surface area contributed by atoms with Crippen LogP contribution in [0.1, 0.15) is 31.1 Å². The fraction of sp³-hybridized carbons (Fsp3) is 0.267. The molecule has 0 bridgehead atoms. The van der Waals surface area contributed by atoms with Crippen molar-refractivity contribution in [1.82, 2.24) is 4.57 Å². The molecule has 1 aromatic heterocycles. The second-order valence-corrected chi connectivity index (χ2v) is 4.81. The smallest absolute Gasteiger partial charge is 0.290 e. The molecule has 0 aliphatic carbocycles. The number of nitriles is 1. The van der Waals surface area contributed by atoms with Crippen molar-refractivity contribution in [2.24, 2.45) is 0 Å². The number of hydrogen-bond donors (Lipinski definition) is 0. The molecule has 1 heterocycles. The van der Waals surface area contributed by atoms with Gasteiger partial charge in [-0.1, -0.05) is 6.07 Å². The molecule has 6 nitrogen and oxygen atoms in total. The van der Waals surface area contributed by atoms with Gasteiger partial charge in [0.25, 0.3) is 5.69 Å². The number of ether oxygens (including phenoxy) is 1. The fourth-order valence-corrected chi connectivity index (χ4v) is 2.11. The zero-order chi connectivity index (χ0) is 15.4. The normalized spacial score (nSPS) is 10.4. The molecule has 0 spiro atoms. The number of nitro benzene ring substituents is 1. The Hall–Kier alpha value is -2.81. The first-order valence-electron chi connectivity index (χ1n) is 6.50. The Morgan fingerprint density at radius 3 is 2.76 bits per heavy atom. The molecule has 0 radical (unpaired) electrons. The van der Waals surface area contributed by atoms with E-state index in [-0.39, 0.29) is 23.6 Å². The number of nitrogens with zero attached hydrogens (tertiary/aromatic N) is 3. The number of benzene rings is 1. The van der Waals surface area contributed by atoms with E-state index >= 15 is 0 Å². The molecule has 0 aliphatic rings. The SMILES string of the molecule is CC(C)n1cccc1COc1cccc([N+](=O)[O-])c1C#N. The Morgan fingerprint density at radius 1 is 1.38 bits per heavy atom.